The van der Waals surface area contributed by atoms with Crippen molar-refractivity contribution < 1.29 is 17.9 Å². The molecule has 1 amide bonds. The normalized spacial score (nSPS) is 15.4. The molecule has 166 valence electrons. The Morgan fingerprint density at radius 2 is 2.03 bits per heavy atom. The maximum atomic E-state index is 12.6. The molecule has 2 aromatic heterocycles. The predicted molar refractivity (Wildman–Crippen MR) is 121 cm³/mol. The van der Waals surface area contributed by atoms with E-state index in [2.05, 4.69) is 10.4 Å². The molecule has 1 aromatic carbocycles. The van der Waals surface area contributed by atoms with E-state index >= 15 is 0 Å². The van der Waals surface area contributed by atoms with Crippen LogP contribution < -0.4 is 5.32 Å². The van der Waals surface area contributed by atoms with Crippen molar-refractivity contribution in [3.05, 3.63) is 51.5 Å². The highest BCUT2D eigenvalue weighted by Crippen LogP contribution is 2.29. The second-order valence-corrected chi connectivity index (χ2v) is 10.8. The number of hydrogen-bond acceptors (Lipinski definition) is 6. The molecule has 1 aliphatic heterocycles. The number of rotatable bonds is 7. The summed E-state index contributed by atoms with van der Waals surface area (Å²) in [5.74, 6) is -0.426. The number of thiophene rings is 1. The third-order valence-corrected chi connectivity index (χ3v) is 8.51. The number of halogens is 1. The van der Waals surface area contributed by atoms with Crippen molar-refractivity contribution in [3.8, 4) is 0 Å². The van der Waals surface area contributed by atoms with E-state index in [9.17, 15) is 13.2 Å². The van der Waals surface area contributed by atoms with Crippen LogP contribution in [-0.4, -0.2) is 67.0 Å². The van der Waals surface area contributed by atoms with Crippen molar-refractivity contribution in [1.29, 1.82) is 0 Å². The molecular formula is C20H23ClN4O4S2. The van der Waals surface area contributed by atoms with Gasteiger partial charge in [-0.3, -0.25) is 9.48 Å². The van der Waals surface area contributed by atoms with Crippen LogP contribution in [0.2, 0.25) is 5.02 Å². The van der Waals surface area contributed by atoms with Gasteiger partial charge in [0.05, 0.1) is 36.1 Å². The first-order chi connectivity index (χ1) is 14.8. The Labute approximate surface area is 189 Å². The van der Waals surface area contributed by atoms with E-state index in [1.807, 2.05) is 35.9 Å². The summed E-state index contributed by atoms with van der Waals surface area (Å²) >= 11 is 7.61. The van der Waals surface area contributed by atoms with Gasteiger partial charge in [0.2, 0.25) is 10.0 Å². The fourth-order valence-electron chi connectivity index (χ4n) is 3.45. The molecule has 0 unspecified atom stereocenters. The van der Waals surface area contributed by atoms with Crippen molar-refractivity contribution in [2.75, 3.05) is 38.6 Å². The van der Waals surface area contributed by atoms with Crippen LogP contribution in [0.25, 0.3) is 10.2 Å². The third kappa shape index (κ3) is 4.93. The van der Waals surface area contributed by atoms with Gasteiger partial charge in [-0.2, -0.15) is 9.40 Å². The maximum Gasteiger partial charge on any atom is 0.261 e. The van der Waals surface area contributed by atoms with Crippen molar-refractivity contribution in [2.24, 2.45) is 0 Å². The minimum absolute atomic E-state index is 0.0531. The summed E-state index contributed by atoms with van der Waals surface area (Å²) in [5.41, 5.74) is 1.77. The number of ether oxygens (including phenoxy) is 1. The van der Waals surface area contributed by atoms with E-state index in [1.165, 1.54) is 15.6 Å². The monoisotopic (exact) mass is 482 g/mol. The number of carbonyl (C=O) groups is 1. The molecule has 0 atom stereocenters. The lowest BCUT2D eigenvalue weighted by molar-refractivity contribution is 0.0730. The van der Waals surface area contributed by atoms with E-state index in [0.717, 1.165) is 21.5 Å². The van der Waals surface area contributed by atoms with Crippen LogP contribution in [0.15, 0.2) is 30.3 Å². The number of carbonyl (C=O) groups excluding carboxylic acids is 1. The zero-order valence-corrected chi connectivity index (χ0v) is 19.4. The van der Waals surface area contributed by atoms with Crippen LogP contribution in [0.3, 0.4) is 0 Å². The van der Waals surface area contributed by atoms with E-state index in [4.69, 9.17) is 16.3 Å². The molecule has 4 rings (SSSR count). The first-order valence-corrected chi connectivity index (χ1v) is 12.7. The Balaban J connectivity index is 1.43. The number of hydrogen-bond donors (Lipinski definition) is 1. The number of sulfonamides is 1. The largest absolute Gasteiger partial charge is 0.379 e. The number of nitrogens with one attached hydrogen (secondary N) is 1. The molecule has 8 nitrogen and oxygen atoms in total. The van der Waals surface area contributed by atoms with Crippen molar-refractivity contribution in [1.82, 2.24) is 19.4 Å². The minimum atomic E-state index is -3.41. The van der Waals surface area contributed by atoms with Gasteiger partial charge < -0.3 is 10.1 Å². The van der Waals surface area contributed by atoms with Crippen molar-refractivity contribution in [3.63, 3.8) is 0 Å². The zero-order chi connectivity index (χ0) is 22.0. The van der Waals surface area contributed by atoms with E-state index in [-0.39, 0.29) is 18.2 Å². The second-order valence-electron chi connectivity index (χ2n) is 7.25. The van der Waals surface area contributed by atoms with Crippen LogP contribution in [0, 0.1) is 6.92 Å². The second kappa shape index (κ2) is 9.25. The third-order valence-electron chi connectivity index (χ3n) is 5.12. The van der Waals surface area contributed by atoms with Crippen LogP contribution in [-0.2, 0) is 21.3 Å². The SMILES string of the molecule is Cc1nn(Cc2ccccc2Cl)c2sc(C(=O)NCCS(=O)(=O)N3CCOCC3)cc12. The number of aryl methyl sites for hydroxylation is 1. The molecule has 0 saturated carbocycles. The first-order valence-electron chi connectivity index (χ1n) is 9.89. The number of fused-ring (bicyclic) bond motifs is 1. The highest BCUT2D eigenvalue weighted by atomic mass is 35.5. The summed E-state index contributed by atoms with van der Waals surface area (Å²) in [7, 11) is -3.41. The Kier molecular flexibility index (Phi) is 6.63. The average molecular weight is 483 g/mol. The molecule has 0 radical (unpaired) electrons. The summed E-state index contributed by atoms with van der Waals surface area (Å²) in [5, 5.41) is 8.87. The Bertz CT molecular complexity index is 1200. The predicted octanol–water partition coefficient (Wildman–Crippen LogP) is 2.50. The van der Waals surface area contributed by atoms with Gasteiger partial charge in [0.25, 0.3) is 5.91 Å². The molecule has 1 N–H and O–H groups in total. The van der Waals surface area contributed by atoms with Gasteiger partial charge >= 0.3 is 0 Å². The lowest BCUT2D eigenvalue weighted by atomic mass is 10.2. The number of nitrogens with zero attached hydrogens (tertiary/aromatic N) is 3. The zero-order valence-electron chi connectivity index (χ0n) is 17.0. The summed E-state index contributed by atoms with van der Waals surface area (Å²) in [4.78, 5) is 14.0. The van der Waals surface area contributed by atoms with Gasteiger partial charge in [0.1, 0.15) is 4.83 Å². The van der Waals surface area contributed by atoms with Crippen LogP contribution >= 0.6 is 22.9 Å². The minimum Gasteiger partial charge on any atom is -0.379 e. The van der Waals surface area contributed by atoms with E-state index < -0.39 is 10.0 Å². The van der Waals surface area contributed by atoms with Gasteiger partial charge in [-0.15, -0.1) is 11.3 Å². The molecule has 1 aliphatic rings. The molecule has 31 heavy (non-hydrogen) atoms. The molecule has 3 heterocycles. The topological polar surface area (TPSA) is 93.5 Å². The number of aromatic nitrogens is 2. The molecule has 1 saturated heterocycles. The quantitative estimate of drug-likeness (QED) is 0.558. The van der Waals surface area contributed by atoms with Gasteiger partial charge in [0, 0.05) is 30.0 Å². The van der Waals surface area contributed by atoms with Crippen LogP contribution in [0.4, 0.5) is 0 Å². The summed E-state index contributed by atoms with van der Waals surface area (Å²) in [6.07, 6.45) is 0. The molecule has 0 aliphatic carbocycles. The van der Waals surface area contributed by atoms with Crippen LogP contribution in [0.1, 0.15) is 20.9 Å². The standard InChI is InChI=1S/C20H23ClN4O4S2/c1-14-16-12-18(19(26)22-6-11-31(27,28)24-7-9-29-10-8-24)30-20(16)25(23-14)13-15-4-2-3-5-17(15)21/h2-5,12H,6-11,13H2,1H3,(H,22,26). The fourth-order valence-corrected chi connectivity index (χ4v) is 6.05. The highest BCUT2D eigenvalue weighted by molar-refractivity contribution is 7.89. The fraction of sp³-hybridized carbons (Fsp3) is 0.400. The molecular weight excluding hydrogens is 460 g/mol. The number of amides is 1. The Morgan fingerprint density at radius 3 is 2.77 bits per heavy atom. The molecule has 0 spiro atoms. The Morgan fingerprint density at radius 1 is 1.29 bits per heavy atom. The van der Waals surface area contributed by atoms with E-state index in [1.54, 1.807) is 6.07 Å². The Hall–Kier alpha value is -1.98. The summed E-state index contributed by atoms with van der Waals surface area (Å²) < 4.78 is 33.2. The molecule has 0 bridgehead atoms. The smallest absolute Gasteiger partial charge is 0.261 e. The maximum absolute atomic E-state index is 12.6. The summed E-state index contributed by atoms with van der Waals surface area (Å²) in [6.45, 7) is 3.97. The highest BCUT2D eigenvalue weighted by Gasteiger charge is 2.24. The molecule has 3 aromatic rings. The lowest BCUT2D eigenvalue weighted by Crippen LogP contribution is -2.43. The average Bonchev–Trinajstić information content (AvgIpc) is 3.31. The molecule has 11 heteroatoms. The lowest BCUT2D eigenvalue weighted by Gasteiger charge is -2.25. The van der Waals surface area contributed by atoms with E-state index in [0.29, 0.717) is 42.7 Å². The van der Waals surface area contributed by atoms with Gasteiger partial charge in [-0.25, -0.2) is 8.42 Å². The number of morpholine rings is 1. The van der Waals surface area contributed by atoms with Gasteiger partial charge in [0.15, 0.2) is 0 Å². The number of benzene rings is 1. The summed E-state index contributed by atoms with van der Waals surface area (Å²) in [6, 6.07) is 9.39. The van der Waals surface area contributed by atoms with Gasteiger partial charge in [-0.05, 0) is 24.6 Å². The molecule has 1 fully saturated rings. The van der Waals surface area contributed by atoms with Crippen molar-refractivity contribution in [2.45, 2.75) is 13.5 Å². The first kappa shape index (κ1) is 22.2. The van der Waals surface area contributed by atoms with Crippen molar-refractivity contribution >= 4 is 49.1 Å². The van der Waals surface area contributed by atoms with Gasteiger partial charge in [-0.1, -0.05) is 29.8 Å². The van der Waals surface area contributed by atoms with Crippen LogP contribution in [0.5, 0.6) is 0 Å².